The fourth-order valence-corrected chi connectivity index (χ4v) is 16.1. The Labute approximate surface area is 583 Å². The van der Waals surface area contributed by atoms with E-state index in [9.17, 15) is 43.2 Å². The zero-order valence-corrected chi connectivity index (χ0v) is 57.8. The normalized spacial score (nSPS) is 17.8. The number of esters is 2. The van der Waals surface area contributed by atoms with Crippen molar-refractivity contribution in [3.05, 3.63) is 172 Å². The minimum Gasteiger partial charge on any atom is -0.466 e. The monoisotopic (exact) mass is 1430 g/mol. The number of hydrogen-bond donors (Lipinski definition) is 5. The molecule has 7 aromatic heterocycles. The van der Waals surface area contributed by atoms with Gasteiger partial charge in [-0.15, -0.1) is 68.0 Å². The fraction of sp³-hybridized carbons (Fsp3) is 0.269. The summed E-state index contributed by atoms with van der Waals surface area (Å²) in [6.07, 6.45) is -1.40. The predicted octanol–water partition coefficient (Wildman–Crippen LogP) is 9.67. The van der Waals surface area contributed by atoms with Gasteiger partial charge in [-0.1, -0.05) is 62.5 Å². The molecule has 1 fully saturated rings. The smallest absolute Gasteiger partial charge is 0.333 e. The molecule has 0 unspecified atom stereocenters. The minimum atomic E-state index is -1.25. The second kappa shape index (κ2) is 30.3. The highest BCUT2D eigenvalue weighted by Gasteiger charge is 2.40. The van der Waals surface area contributed by atoms with Crippen LogP contribution in [0.15, 0.2) is 118 Å². The number of nitrogens with two attached hydrogens (primary N) is 1. The number of thiazole rings is 6. The second-order valence-electron chi connectivity index (χ2n) is 23.0. The van der Waals surface area contributed by atoms with E-state index in [1.165, 1.54) is 52.7 Å². The van der Waals surface area contributed by atoms with E-state index in [0.29, 0.717) is 59.7 Å². The first kappa shape index (κ1) is 69.5. The molecule has 7 atom stereocenters. The summed E-state index contributed by atoms with van der Waals surface area (Å²) in [5.74, 6) is -7.66. The number of rotatable bonds is 18. The molecule has 6 N–H and O–H groups in total. The van der Waals surface area contributed by atoms with E-state index < -0.39 is 95.8 Å². The number of fused-ring (bicyclic) bond motifs is 14. The molecule has 98 heavy (non-hydrogen) atoms. The van der Waals surface area contributed by atoms with E-state index in [0.717, 1.165) is 58.0 Å². The standard InChI is InChI=1S/C67H60N12O13S6/c1-30(67(89)90-7)19-50(82)33(4)69-58(86)46-28-96-63(76-46)42-18-17-39-56(70-42)45-25-95-64(73-45)49-29-97-66(77-49)54(32(3)52-24-91-52)78-57(85)43(21-36-13-15-38(16-14-36)92-35(6)81)71-59(87)47-27-94-62(75-47)41(40(20-31(2)80)37-11-9-8-10-12-37)22-51(83)55-34(5)98-65(79-55)44(23-53(68)84)72-60(88)48-26-93-61(39)74-48/h8-18,25-29,32,40-41,43-44,52,54H,1,4,19-24H2,2-3,5-7H3,(H2,68,84)(H,69,86)(H,71,87)(H,72,88)(H,78,85)/t32-,40+,41-,43-,44-,52-,54-/m0/s1. The lowest BCUT2D eigenvalue weighted by Gasteiger charge is -2.26. The van der Waals surface area contributed by atoms with Crippen molar-refractivity contribution in [1.29, 1.82) is 0 Å². The number of benzene rings is 2. The van der Waals surface area contributed by atoms with E-state index in [1.807, 2.05) is 37.3 Å². The molecule has 2 aliphatic rings. The predicted molar refractivity (Wildman–Crippen MR) is 368 cm³/mol. The van der Waals surface area contributed by atoms with Crippen LogP contribution in [0.1, 0.15) is 143 Å². The molecule has 502 valence electrons. The third kappa shape index (κ3) is 16.4. The minimum absolute atomic E-state index is 0.00646. The lowest BCUT2D eigenvalue weighted by Crippen LogP contribution is -2.50. The van der Waals surface area contributed by atoms with Crippen molar-refractivity contribution in [2.75, 3.05) is 13.7 Å². The number of methoxy groups -OCH3 is 1. The SMILES string of the molecule is C=C(CC(=O)C(=C)NC(=O)c1csc(-c2ccc3c(n2)-c2csc(n2)-c2csc(n2)[C@H]([C@@H](C)[C@@H]2CO2)NC(=O)[C@H](Cc2ccc(OC(C)=O)cc2)NC(=O)c2csc(n2)[C@H]([C@H](CC(C)=O)c2ccccc2)CC(=O)c2nc(sc2C)[C@H](CC(N)=O)NC(=O)c2csc-3n2)n1)C(=O)OC. The number of ether oxygens (including phenoxy) is 3. The second-order valence-corrected chi connectivity index (χ2v) is 28.6. The third-order valence-electron chi connectivity index (χ3n) is 15.8. The lowest BCUT2D eigenvalue weighted by molar-refractivity contribution is -0.137. The number of pyridine rings is 1. The van der Waals surface area contributed by atoms with E-state index >= 15 is 4.79 Å². The maximum absolute atomic E-state index is 15.1. The summed E-state index contributed by atoms with van der Waals surface area (Å²) in [4.78, 5) is 170. The van der Waals surface area contributed by atoms with Gasteiger partial charge in [0, 0.05) is 93.3 Å². The number of hydrogen-bond acceptors (Lipinski definition) is 26. The Morgan fingerprint density at radius 2 is 1.35 bits per heavy atom. The molecule has 1 saturated heterocycles. The van der Waals surface area contributed by atoms with Gasteiger partial charge in [0.15, 0.2) is 11.6 Å². The number of carbonyl (C=O) groups is 10. The Kier molecular flexibility index (Phi) is 21.4. The van der Waals surface area contributed by atoms with Crippen LogP contribution in [-0.4, -0.2) is 120 Å². The molecule has 10 bridgehead atoms. The third-order valence-corrected chi connectivity index (χ3v) is 21.4. The number of ketones is 3. The number of amides is 5. The summed E-state index contributed by atoms with van der Waals surface area (Å²) in [5.41, 5.74) is 8.37. The van der Waals surface area contributed by atoms with Crippen molar-refractivity contribution in [3.8, 4) is 49.1 Å². The summed E-state index contributed by atoms with van der Waals surface area (Å²) < 4.78 is 15.7. The van der Waals surface area contributed by atoms with Crippen LogP contribution in [0.4, 0.5) is 0 Å². The van der Waals surface area contributed by atoms with Crippen molar-refractivity contribution in [2.45, 2.75) is 95.9 Å². The average molecular weight is 1430 g/mol. The Hall–Kier alpha value is -9.89. The van der Waals surface area contributed by atoms with Crippen LogP contribution < -0.4 is 31.7 Å². The molecular weight excluding hydrogens is 1370 g/mol. The summed E-state index contributed by atoms with van der Waals surface area (Å²) in [6, 6.07) is 15.9. The van der Waals surface area contributed by atoms with Crippen molar-refractivity contribution in [1.82, 2.24) is 56.2 Å². The Morgan fingerprint density at radius 1 is 0.704 bits per heavy atom. The van der Waals surface area contributed by atoms with Crippen LogP contribution in [0.5, 0.6) is 5.75 Å². The van der Waals surface area contributed by atoms with Crippen molar-refractivity contribution < 1.29 is 62.2 Å². The number of allylic oxidation sites excluding steroid dienone is 1. The van der Waals surface area contributed by atoms with Gasteiger partial charge in [0.25, 0.3) is 17.7 Å². The van der Waals surface area contributed by atoms with Gasteiger partial charge >= 0.3 is 11.9 Å². The highest BCUT2D eigenvalue weighted by Crippen LogP contribution is 2.43. The van der Waals surface area contributed by atoms with E-state index in [2.05, 4.69) is 44.1 Å². The quantitative estimate of drug-likeness (QED) is 0.0231. The molecule has 2 aromatic carbocycles. The first-order chi connectivity index (χ1) is 47.0. The van der Waals surface area contributed by atoms with Crippen LogP contribution in [0, 0.1) is 12.8 Å². The topological polar surface area (TPSA) is 366 Å². The molecule has 11 rings (SSSR count). The molecule has 5 amide bonds. The number of aromatic nitrogens is 7. The lowest BCUT2D eigenvalue weighted by atomic mass is 9.80. The van der Waals surface area contributed by atoms with Gasteiger partial charge in [0.1, 0.15) is 82.5 Å². The highest BCUT2D eigenvalue weighted by molar-refractivity contribution is 7.15. The van der Waals surface area contributed by atoms with E-state index in [-0.39, 0.29) is 92.6 Å². The average Bonchev–Trinajstić information content (AvgIpc) is 1.54. The van der Waals surface area contributed by atoms with Crippen molar-refractivity contribution in [3.63, 3.8) is 0 Å². The molecule has 0 aliphatic carbocycles. The van der Waals surface area contributed by atoms with Crippen molar-refractivity contribution in [2.24, 2.45) is 11.7 Å². The summed E-state index contributed by atoms with van der Waals surface area (Å²) in [6.45, 7) is 14.0. The molecule has 25 nitrogen and oxygen atoms in total. The molecule has 31 heteroatoms. The van der Waals surface area contributed by atoms with Gasteiger partial charge < -0.3 is 46.0 Å². The van der Waals surface area contributed by atoms with Gasteiger partial charge in [-0.25, -0.2) is 39.7 Å². The molecule has 9 heterocycles. The number of nitrogens with zero attached hydrogens (tertiary/aromatic N) is 7. The summed E-state index contributed by atoms with van der Waals surface area (Å²) in [7, 11) is 1.15. The Balaban J connectivity index is 0.994. The first-order valence-electron chi connectivity index (χ1n) is 30.2. The zero-order valence-electron chi connectivity index (χ0n) is 52.9. The number of epoxide rings is 1. The highest BCUT2D eigenvalue weighted by atomic mass is 32.1. The maximum Gasteiger partial charge on any atom is 0.333 e. The molecular formula is C67H60N12O13S6. The number of nitrogens with one attached hydrogen (secondary N) is 4. The van der Waals surface area contributed by atoms with Gasteiger partial charge in [0.05, 0.1) is 54.7 Å². The Bertz CT molecular complexity index is 4640. The molecule has 0 spiro atoms. The fourth-order valence-electron chi connectivity index (χ4n) is 10.8. The van der Waals surface area contributed by atoms with Gasteiger partial charge in [0.2, 0.25) is 11.8 Å². The molecule has 9 aromatic rings. The van der Waals surface area contributed by atoms with E-state index in [1.54, 1.807) is 54.1 Å². The van der Waals surface area contributed by atoms with Gasteiger partial charge in [-0.05, 0) is 49.2 Å². The summed E-state index contributed by atoms with van der Waals surface area (Å²) >= 11 is 6.91. The molecule has 0 saturated carbocycles. The van der Waals surface area contributed by atoms with Crippen LogP contribution >= 0.6 is 68.0 Å². The van der Waals surface area contributed by atoms with E-state index in [4.69, 9.17) is 45.1 Å². The van der Waals surface area contributed by atoms with Gasteiger partial charge in [-0.2, -0.15) is 0 Å². The van der Waals surface area contributed by atoms with Crippen LogP contribution in [0.2, 0.25) is 0 Å². The van der Waals surface area contributed by atoms with Crippen LogP contribution in [-0.2, 0) is 44.7 Å². The maximum atomic E-state index is 15.1. The number of primary amides is 1. The summed E-state index contributed by atoms with van der Waals surface area (Å²) in [5, 5.41) is 21.6. The number of carbonyl (C=O) groups excluding carboxylic acids is 10. The Morgan fingerprint density at radius 3 is 2.05 bits per heavy atom. The van der Waals surface area contributed by atoms with Crippen molar-refractivity contribution >= 4 is 127 Å². The van der Waals surface area contributed by atoms with Crippen LogP contribution in [0.25, 0.3) is 43.4 Å². The van der Waals surface area contributed by atoms with Gasteiger partial charge in [-0.3, -0.25) is 38.4 Å². The van der Waals surface area contributed by atoms with Crippen LogP contribution in [0.3, 0.4) is 0 Å². The number of aryl methyl sites for hydroxylation is 1. The molecule has 2 aliphatic heterocycles. The largest absolute Gasteiger partial charge is 0.466 e. The zero-order chi connectivity index (χ0) is 69.6. The molecule has 0 radical (unpaired) electrons. The first-order valence-corrected chi connectivity index (χ1v) is 35.4. The number of Topliss-reactive ketones (excluding diaryl/α,β-unsaturated/α-hetero) is 3.